The van der Waals surface area contributed by atoms with Gasteiger partial charge in [0.2, 0.25) is 0 Å². The van der Waals surface area contributed by atoms with E-state index in [1.807, 2.05) is 24.3 Å². The molecule has 0 aliphatic carbocycles. The molecular weight excluding hydrogens is 402 g/mol. The molecule has 0 unspecified atom stereocenters. The van der Waals surface area contributed by atoms with Gasteiger partial charge in [0.15, 0.2) is 0 Å². The summed E-state index contributed by atoms with van der Waals surface area (Å²) < 4.78 is 6.75. The van der Waals surface area contributed by atoms with E-state index < -0.39 is 0 Å². The van der Waals surface area contributed by atoms with Gasteiger partial charge in [-0.15, -0.1) is 0 Å². The Kier molecular flexibility index (Phi) is 5.36. The van der Waals surface area contributed by atoms with Crippen LogP contribution in [0.1, 0.15) is 16.7 Å². The number of nitrogens with zero attached hydrogens (tertiary/aromatic N) is 1. The first-order valence-corrected chi connectivity index (χ1v) is 8.14. The van der Waals surface area contributed by atoms with Crippen molar-refractivity contribution >= 4 is 37.5 Å². The van der Waals surface area contributed by atoms with Gasteiger partial charge in [0, 0.05) is 21.4 Å². The maximum atomic E-state index is 10.9. The third-order valence-corrected chi connectivity index (χ3v) is 4.55. The van der Waals surface area contributed by atoms with E-state index in [1.165, 1.54) is 6.07 Å². The Hall–Kier alpha value is -1.40. The van der Waals surface area contributed by atoms with Crippen molar-refractivity contribution in [3.63, 3.8) is 0 Å². The third-order valence-electron chi connectivity index (χ3n) is 3.17. The Morgan fingerprint density at radius 3 is 2.67 bits per heavy atom. The molecule has 0 fully saturated rings. The van der Waals surface area contributed by atoms with Crippen LogP contribution in [0.2, 0.25) is 0 Å². The van der Waals surface area contributed by atoms with Crippen LogP contribution in [-0.2, 0) is 11.9 Å². The smallest absolute Gasteiger partial charge is 0.272 e. The number of halogens is 2. The number of rotatable bonds is 5. The number of ether oxygens (including phenoxy) is 1. The summed E-state index contributed by atoms with van der Waals surface area (Å²) in [6.45, 7) is 2.04. The van der Waals surface area contributed by atoms with Crippen molar-refractivity contribution < 1.29 is 9.66 Å². The average molecular weight is 415 g/mol. The van der Waals surface area contributed by atoms with Crippen molar-refractivity contribution in [2.75, 3.05) is 0 Å². The minimum Gasteiger partial charge on any atom is -0.489 e. The molecule has 0 bridgehead atoms. The first kappa shape index (κ1) is 16.0. The van der Waals surface area contributed by atoms with Crippen LogP contribution < -0.4 is 4.74 Å². The minimum atomic E-state index is -0.374. The predicted molar refractivity (Wildman–Crippen MR) is 88.9 cm³/mol. The Balaban J connectivity index is 2.17. The number of nitro groups is 1. The van der Waals surface area contributed by atoms with Crippen LogP contribution in [0.3, 0.4) is 0 Å². The van der Waals surface area contributed by atoms with Gasteiger partial charge in [-0.1, -0.05) is 44.0 Å². The SMILES string of the molecule is Cc1c(COc2ccc(Br)c(CBr)c2)cccc1[N+](=O)[O-]. The van der Waals surface area contributed by atoms with Gasteiger partial charge in [-0.2, -0.15) is 0 Å². The molecule has 0 heterocycles. The fraction of sp³-hybridized carbons (Fsp3) is 0.200. The lowest BCUT2D eigenvalue weighted by atomic mass is 10.1. The van der Waals surface area contributed by atoms with E-state index in [4.69, 9.17) is 4.74 Å². The molecule has 2 aromatic carbocycles. The van der Waals surface area contributed by atoms with Gasteiger partial charge in [0.1, 0.15) is 12.4 Å². The zero-order valence-electron chi connectivity index (χ0n) is 11.3. The lowest BCUT2D eigenvalue weighted by Gasteiger charge is -2.10. The molecule has 0 saturated carbocycles. The van der Waals surface area contributed by atoms with E-state index in [2.05, 4.69) is 31.9 Å². The normalized spacial score (nSPS) is 10.4. The van der Waals surface area contributed by atoms with Gasteiger partial charge >= 0.3 is 0 Å². The van der Waals surface area contributed by atoms with Gasteiger partial charge in [0.25, 0.3) is 5.69 Å². The standard InChI is InChI=1S/C15H13Br2NO3/c1-10-11(3-2-4-15(10)18(19)20)9-21-13-5-6-14(17)12(7-13)8-16/h2-7H,8-9H2,1H3. The number of hydrogen-bond donors (Lipinski definition) is 0. The monoisotopic (exact) mass is 413 g/mol. The Bertz CT molecular complexity index is 674. The second-order valence-corrected chi connectivity index (χ2v) is 5.91. The molecule has 0 radical (unpaired) electrons. The molecule has 2 rings (SSSR count). The molecule has 2 aromatic rings. The van der Waals surface area contributed by atoms with Crippen LogP contribution in [-0.4, -0.2) is 4.92 Å². The van der Waals surface area contributed by atoms with Crippen molar-refractivity contribution in [3.8, 4) is 5.75 Å². The molecule has 0 amide bonds. The predicted octanol–water partition coefficient (Wildman–Crippen LogP) is 5.14. The van der Waals surface area contributed by atoms with Crippen LogP contribution in [0.5, 0.6) is 5.75 Å². The first-order chi connectivity index (χ1) is 10.0. The van der Waals surface area contributed by atoms with Gasteiger partial charge in [-0.3, -0.25) is 10.1 Å². The second-order valence-electron chi connectivity index (χ2n) is 4.49. The molecule has 0 atom stereocenters. The maximum Gasteiger partial charge on any atom is 0.272 e. The molecular formula is C15H13Br2NO3. The van der Waals surface area contributed by atoms with E-state index in [1.54, 1.807) is 13.0 Å². The fourth-order valence-corrected chi connectivity index (χ4v) is 3.16. The molecule has 0 N–H and O–H groups in total. The van der Waals surface area contributed by atoms with Crippen LogP contribution in [0.4, 0.5) is 5.69 Å². The van der Waals surface area contributed by atoms with Crippen LogP contribution in [0, 0.1) is 17.0 Å². The lowest BCUT2D eigenvalue weighted by molar-refractivity contribution is -0.385. The number of nitro benzene ring substituents is 1. The highest BCUT2D eigenvalue weighted by molar-refractivity contribution is 9.10. The van der Waals surface area contributed by atoms with E-state index in [0.29, 0.717) is 12.2 Å². The first-order valence-electron chi connectivity index (χ1n) is 6.23. The van der Waals surface area contributed by atoms with Gasteiger partial charge in [-0.05, 0) is 36.2 Å². The Labute approximate surface area is 139 Å². The number of benzene rings is 2. The van der Waals surface area contributed by atoms with Crippen molar-refractivity contribution in [3.05, 3.63) is 67.7 Å². The topological polar surface area (TPSA) is 52.4 Å². The molecule has 0 saturated heterocycles. The maximum absolute atomic E-state index is 10.9. The van der Waals surface area contributed by atoms with Crippen LogP contribution >= 0.6 is 31.9 Å². The lowest BCUT2D eigenvalue weighted by Crippen LogP contribution is -2.01. The third kappa shape index (κ3) is 3.83. The molecule has 21 heavy (non-hydrogen) atoms. The highest BCUT2D eigenvalue weighted by Gasteiger charge is 2.13. The molecule has 6 heteroatoms. The summed E-state index contributed by atoms with van der Waals surface area (Å²) >= 11 is 6.88. The molecule has 0 spiro atoms. The van der Waals surface area contributed by atoms with E-state index in [-0.39, 0.29) is 10.6 Å². The molecule has 4 nitrogen and oxygen atoms in total. The summed E-state index contributed by atoms with van der Waals surface area (Å²) in [6.07, 6.45) is 0. The largest absolute Gasteiger partial charge is 0.489 e. The summed E-state index contributed by atoms with van der Waals surface area (Å²) in [6, 6.07) is 10.7. The number of hydrogen-bond acceptors (Lipinski definition) is 3. The van der Waals surface area contributed by atoms with E-state index in [9.17, 15) is 10.1 Å². The quantitative estimate of drug-likeness (QED) is 0.386. The van der Waals surface area contributed by atoms with Crippen molar-refractivity contribution in [1.29, 1.82) is 0 Å². The summed E-state index contributed by atoms with van der Waals surface area (Å²) in [5.41, 5.74) is 2.66. The van der Waals surface area contributed by atoms with E-state index in [0.717, 1.165) is 26.7 Å². The van der Waals surface area contributed by atoms with Gasteiger partial charge < -0.3 is 4.74 Å². The fourth-order valence-electron chi connectivity index (χ4n) is 1.93. The van der Waals surface area contributed by atoms with Gasteiger partial charge in [0.05, 0.1) is 4.92 Å². The molecule has 110 valence electrons. The zero-order valence-corrected chi connectivity index (χ0v) is 14.5. The highest BCUT2D eigenvalue weighted by Crippen LogP contribution is 2.26. The van der Waals surface area contributed by atoms with Crippen molar-refractivity contribution in [1.82, 2.24) is 0 Å². The highest BCUT2D eigenvalue weighted by atomic mass is 79.9. The van der Waals surface area contributed by atoms with E-state index >= 15 is 0 Å². The second kappa shape index (κ2) is 7.04. The summed E-state index contributed by atoms with van der Waals surface area (Å²) in [5, 5.41) is 11.6. The Morgan fingerprint density at radius 1 is 1.24 bits per heavy atom. The Morgan fingerprint density at radius 2 is 2.00 bits per heavy atom. The number of alkyl halides is 1. The molecule has 0 aliphatic heterocycles. The summed E-state index contributed by atoms with van der Waals surface area (Å²) in [4.78, 5) is 10.5. The molecule has 0 aromatic heterocycles. The minimum absolute atomic E-state index is 0.119. The molecule has 0 aliphatic rings. The van der Waals surface area contributed by atoms with Crippen LogP contribution in [0.15, 0.2) is 40.9 Å². The average Bonchev–Trinajstić information content (AvgIpc) is 2.47. The zero-order chi connectivity index (χ0) is 15.4. The van der Waals surface area contributed by atoms with Gasteiger partial charge in [-0.25, -0.2) is 0 Å². The van der Waals surface area contributed by atoms with Crippen molar-refractivity contribution in [2.24, 2.45) is 0 Å². The van der Waals surface area contributed by atoms with Crippen LogP contribution in [0.25, 0.3) is 0 Å². The summed E-state index contributed by atoms with van der Waals surface area (Å²) in [7, 11) is 0. The van der Waals surface area contributed by atoms with Crippen molar-refractivity contribution in [2.45, 2.75) is 18.9 Å². The summed E-state index contributed by atoms with van der Waals surface area (Å²) in [5.74, 6) is 0.735.